The average Bonchev–Trinajstić information content (AvgIpc) is 2.20. The van der Waals surface area contributed by atoms with Crippen molar-refractivity contribution in [3.8, 4) is 0 Å². The predicted octanol–water partition coefficient (Wildman–Crippen LogP) is 1.44. The molecule has 0 aromatic heterocycles. The lowest BCUT2D eigenvalue weighted by molar-refractivity contribution is 0.0698. The van der Waals surface area contributed by atoms with Gasteiger partial charge < -0.3 is 15.9 Å². The number of hydrogen-bond donors (Lipinski definition) is 3. The highest BCUT2D eigenvalue weighted by Gasteiger charge is 2.12. The summed E-state index contributed by atoms with van der Waals surface area (Å²) in [6.07, 6.45) is 0. The van der Waals surface area contributed by atoms with Crippen molar-refractivity contribution in [2.75, 3.05) is 12.3 Å². The van der Waals surface area contributed by atoms with E-state index in [0.717, 1.165) is 0 Å². The number of thioether (sulfide) groups is 1. The number of nitrogens with two attached hydrogens (primary N) is 1. The Bertz CT molecular complexity index is 368. The van der Waals surface area contributed by atoms with Gasteiger partial charge in [0.2, 0.25) is 0 Å². The summed E-state index contributed by atoms with van der Waals surface area (Å²) in [7, 11) is 0. The topological polar surface area (TPSA) is 83.5 Å². The zero-order valence-corrected chi connectivity index (χ0v) is 9.12. The third kappa shape index (κ3) is 2.87. The Morgan fingerprint density at radius 1 is 1.60 bits per heavy atom. The number of carboxylic acid groups (broad SMARTS) is 1. The zero-order chi connectivity index (χ0) is 11.4. The van der Waals surface area contributed by atoms with Crippen LogP contribution in [0.25, 0.3) is 0 Å². The lowest BCUT2D eigenvalue weighted by atomic mass is 10.2. The third-order valence-electron chi connectivity index (χ3n) is 1.88. The average molecular weight is 227 g/mol. The van der Waals surface area contributed by atoms with Crippen LogP contribution in [0.3, 0.4) is 0 Å². The number of hydrogen-bond acceptors (Lipinski definition) is 4. The van der Waals surface area contributed by atoms with Gasteiger partial charge in [-0.15, -0.1) is 11.8 Å². The Morgan fingerprint density at radius 2 is 2.27 bits per heavy atom. The monoisotopic (exact) mass is 227 g/mol. The smallest absolute Gasteiger partial charge is 0.337 e. The molecule has 0 aliphatic carbocycles. The largest absolute Gasteiger partial charge is 0.478 e. The van der Waals surface area contributed by atoms with Crippen molar-refractivity contribution in [3.05, 3.63) is 23.8 Å². The standard InChI is InChI=1S/C10H13NO3S/c1-6(5-12)15-8-4-2-3-7(9(8)11)10(13)14/h2-4,6,12H,5,11H2,1H3,(H,13,14). The molecule has 4 nitrogen and oxygen atoms in total. The van der Waals surface area contributed by atoms with Crippen LogP contribution in [0.5, 0.6) is 0 Å². The van der Waals surface area contributed by atoms with Crippen LogP contribution >= 0.6 is 11.8 Å². The second-order valence-electron chi connectivity index (χ2n) is 3.13. The molecule has 1 aromatic rings. The second kappa shape index (κ2) is 5.04. The predicted molar refractivity (Wildman–Crippen MR) is 60.2 cm³/mol. The van der Waals surface area contributed by atoms with Crippen LogP contribution in [0, 0.1) is 0 Å². The summed E-state index contributed by atoms with van der Waals surface area (Å²) in [5, 5.41) is 17.7. The van der Waals surface area contributed by atoms with Crippen molar-refractivity contribution in [2.24, 2.45) is 0 Å². The first-order valence-electron chi connectivity index (χ1n) is 4.45. The zero-order valence-electron chi connectivity index (χ0n) is 8.30. The fraction of sp³-hybridized carbons (Fsp3) is 0.300. The second-order valence-corrected chi connectivity index (χ2v) is 4.61. The number of aromatic carboxylic acids is 1. The molecule has 1 aromatic carbocycles. The molecule has 0 saturated carbocycles. The van der Waals surface area contributed by atoms with E-state index in [0.29, 0.717) is 4.90 Å². The molecule has 1 unspecified atom stereocenters. The first-order chi connectivity index (χ1) is 7.06. The molecule has 0 bridgehead atoms. The molecule has 0 saturated heterocycles. The molecular formula is C10H13NO3S. The van der Waals surface area contributed by atoms with E-state index < -0.39 is 5.97 Å². The SMILES string of the molecule is CC(CO)Sc1cccc(C(=O)O)c1N. The summed E-state index contributed by atoms with van der Waals surface area (Å²) < 4.78 is 0. The lowest BCUT2D eigenvalue weighted by Gasteiger charge is -2.11. The van der Waals surface area contributed by atoms with Gasteiger partial charge in [-0.2, -0.15) is 0 Å². The Balaban J connectivity index is 2.99. The van der Waals surface area contributed by atoms with Crippen LogP contribution in [0.1, 0.15) is 17.3 Å². The van der Waals surface area contributed by atoms with E-state index in [9.17, 15) is 4.79 Å². The molecule has 0 aliphatic heterocycles. The highest BCUT2D eigenvalue weighted by molar-refractivity contribution is 8.00. The number of carboxylic acids is 1. The highest BCUT2D eigenvalue weighted by Crippen LogP contribution is 2.30. The number of nitrogen functional groups attached to an aromatic ring is 1. The first kappa shape index (κ1) is 11.9. The van der Waals surface area contributed by atoms with Crippen LogP contribution < -0.4 is 5.73 Å². The number of carbonyl (C=O) groups is 1. The molecule has 0 amide bonds. The minimum absolute atomic E-state index is 0.00338. The molecule has 0 fully saturated rings. The summed E-state index contributed by atoms with van der Waals surface area (Å²) in [6, 6.07) is 4.86. The van der Waals surface area contributed by atoms with Crippen molar-refractivity contribution in [2.45, 2.75) is 17.1 Å². The molecule has 1 atom stereocenters. The van der Waals surface area contributed by atoms with Gasteiger partial charge in [-0.3, -0.25) is 0 Å². The molecule has 4 N–H and O–H groups in total. The van der Waals surface area contributed by atoms with E-state index in [1.165, 1.54) is 17.8 Å². The van der Waals surface area contributed by atoms with Crippen molar-refractivity contribution < 1.29 is 15.0 Å². The maximum atomic E-state index is 10.8. The molecule has 82 valence electrons. The number of rotatable bonds is 4. The van der Waals surface area contributed by atoms with Crippen LogP contribution in [-0.2, 0) is 0 Å². The van der Waals surface area contributed by atoms with E-state index >= 15 is 0 Å². The maximum Gasteiger partial charge on any atom is 0.337 e. The normalized spacial score (nSPS) is 12.4. The quantitative estimate of drug-likeness (QED) is 0.535. The van der Waals surface area contributed by atoms with Crippen LogP contribution in [0.4, 0.5) is 5.69 Å². The van der Waals surface area contributed by atoms with Crippen molar-refractivity contribution in [3.63, 3.8) is 0 Å². The lowest BCUT2D eigenvalue weighted by Crippen LogP contribution is -2.06. The van der Waals surface area contributed by atoms with Gasteiger partial charge in [-0.1, -0.05) is 13.0 Å². The van der Waals surface area contributed by atoms with Crippen LogP contribution in [-0.4, -0.2) is 28.0 Å². The molecule has 1 rings (SSSR count). The summed E-state index contributed by atoms with van der Waals surface area (Å²) in [5.41, 5.74) is 6.07. The molecular weight excluding hydrogens is 214 g/mol. The Kier molecular flexibility index (Phi) is 3.99. The van der Waals surface area contributed by atoms with Crippen molar-refractivity contribution in [1.29, 1.82) is 0 Å². The van der Waals surface area contributed by atoms with Gasteiger partial charge in [0, 0.05) is 10.1 Å². The van der Waals surface area contributed by atoms with Crippen molar-refractivity contribution >= 4 is 23.4 Å². The van der Waals surface area contributed by atoms with E-state index in [2.05, 4.69) is 0 Å². The number of aliphatic hydroxyl groups is 1. The number of anilines is 1. The molecule has 0 spiro atoms. The summed E-state index contributed by atoms with van der Waals surface area (Å²) in [5.74, 6) is -1.04. The van der Waals surface area contributed by atoms with Gasteiger partial charge in [-0.25, -0.2) is 4.79 Å². The summed E-state index contributed by atoms with van der Waals surface area (Å²) in [6.45, 7) is 1.87. The summed E-state index contributed by atoms with van der Waals surface area (Å²) in [4.78, 5) is 11.5. The van der Waals surface area contributed by atoms with Crippen molar-refractivity contribution in [1.82, 2.24) is 0 Å². The third-order valence-corrected chi connectivity index (χ3v) is 3.04. The van der Waals surface area contributed by atoms with Gasteiger partial charge in [-0.05, 0) is 12.1 Å². The Hall–Kier alpha value is -1.20. The van der Waals surface area contributed by atoms with Crippen LogP contribution in [0.15, 0.2) is 23.1 Å². The number of aliphatic hydroxyl groups excluding tert-OH is 1. The van der Waals surface area contributed by atoms with E-state index in [1.54, 1.807) is 12.1 Å². The van der Waals surface area contributed by atoms with Gasteiger partial charge in [0.1, 0.15) is 0 Å². The fourth-order valence-corrected chi connectivity index (χ4v) is 1.99. The van der Waals surface area contributed by atoms with Gasteiger partial charge in [0.15, 0.2) is 0 Å². The minimum atomic E-state index is -1.04. The Labute approximate surface area is 92.1 Å². The molecule has 0 heterocycles. The first-order valence-corrected chi connectivity index (χ1v) is 5.33. The molecule has 0 aliphatic rings. The van der Waals surface area contributed by atoms with Gasteiger partial charge >= 0.3 is 5.97 Å². The molecule has 0 radical (unpaired) electrons. The van der Waals surface area contributed by atoms with Gasteiger partial charge in [0.25, 0.3) is 0 Å². The number of para-hydroxylation sites is 1. The van der Waals surface area contributed by atoms with E-state index in [4.69, 9.17) is 15.9 Å². The highest BCUT2D eigenvalue weighted by atomic mass is 32.2. The molecule has 5 heteroatoms. The van der Waals surface area contributed by atoms with Gasteiger partial charge in [0.05, 0.1) is 17.9 Å². The van der Waals surface area contributed by atoms with E-state index in [-0.39, 0.29) is 23.1 Å². The fourth-order valence-electron chi connectivity index (χ4n) is 1.09. The van der Waals surface area contributed by atoms with Crippen LogP contribution in [0.2, 0.25) is 0 Å². The molecule has 15 heavy (non-hydrogen) atoms. The Morgan fingerprint density at radius 3 is 2.80 bits per heavy atom. The van der Waals surface area contributed by atoms with E-state index in [1.807, 2.05) is 6.92 Å². The summed E-state index contributed by atoms with van der Waals surface area (Å²) >= 11 is 1.36. The minimum Gasteiger partial charge on any atom is -0.478 e. The maximum absolute atomic E-state index is 10.8. The number of benzene rings is 1.